The average Bonchev–Trinajstić information content (AvgIpc) is 2.89. The van der Waals surface area contributed by atoms with Crippen LogP contribution in [0.15, 0.2) is 24.3 Å². The molecule has 2 rings (SSSR count). The molecule has 1 aromatic carbocycles. The first-order valence-corrected chi connectivity index (χ1v) is 6.40. The number of carboxylic acids is 1. The Balaban J connectivity index is 2.04. The minimum absolute atomic E-state index is 0.309. The topological polar surface area (TPSA) is 49.8 Å². The molecule has 1 unspecified atom stereocenters. The summed E-state index contributed by atoms with van der Waals surface area (Å²) in [5.41, 5.74) is 1.38. The Labute approximate surface area is 107 Å². The Morgan fingerprint density at radius 2 is 2.17 bits per heavy atom. The Hall–Kier alpha value is -1.55. The fourth-order valence-electron chi connectivity index (χ4n) is 2.27. The molecule has 18 heavy (non-hydrogen) atoms. The van der Waals surface area contributed by atoms with Crippen molar-refractivity contribution in [2.45, 2.75) is 25.9 Å². The van der Waals surface area contributed by atoms with Crippen molar-refractivity contribution in [1.29, 1.82) is 0 Å². The zero-order chi connectivity index (χ0) is 13.0. The highest BCUT2D eigenvalue weighted by atomic mass is 16.5. The minimum atomic E-state index is -0.885. The summed E-state index contributed by atoms with van der Waals surface area (Å²) in [6.07, 6.45) is 2.56. The lowest BCUT2D eigenvalue weighted by Gasteiger charge is -2.26. The van der Waals surface area contributed by atoms with Gasteiger partial charge in [0.15, 0.2) is 0 Å². The molecule has 0 radical (unpaired) electrons. The summed E-state index contributed by atoms with van der Waals surface area (Å²) in [5.74, 6) is -0.885. The van der Waals surface area contributed by atoms with Gasteiger partial charge in [-0.15, -0.1) is 0 Å². The van der Waals surface area contributed by atoms with E-state index < -0.39 is 5.97 Å². The van der Waals surface area contributed by atoms with Gasteiger partial charge in [0.1, 0.15) is 0 Å². The van der Waals surface area contributed by atoms with Gasteiger partial charge >= 0.3 is 5.97 Å². The van der Waals surface area contributed by atoms with Gasteiger partial charge in [-0.25, -0.2) is 4.79 Å². The van der Waals surface area contributed by atoms with Gasteiger partial charge in [0.2, 0.25) is 0 Å². The van der Waals surface area contributed by atoms with Crippen molar-refractivity contribution in [2.75, 3.05) is 24.6 Å². The first kappa shape index (κ1) is 12.9. The van der Waals surface area contributed by atoms with Crippen LogP contribution >= 0.6 is 0 Å². The van der Waals surface area contributed by atoms with Gasteiger partial charge in [-0.05, 0) is 44.0 Å². The predicted octanol–water partition coefficient (Wildman–Crippen LogP) is 2.39. The quantitative estimate of drug-likeness (QED) is 0.870. The van der Waals surface area contributed by atoms with Crippen LogP contribution in [0.1, 0.15) is 30.1 Å². The van der Waals surface area contributed by atoms with Crippen LogP contribution in [0, 0.1) is 0 Å². The van der Waals surface area contributed by atoms with Crippen LogP contribution in [-0.2, 0) is 4.74 Å². The molecule has 1 aliphatic heterocycles. The van der Waals surface area contributed by atoms with E-state index in [9.17, 15) is 4.79 Å². The van der Waals surface area contributed by atoms with Gasteiger partial charge in [-0.1, -0.05) is 0 Å². The van der Waals surface area contributed by atoms with Crippen molar-refractivity contribution < 1.29 is 14.6 Å². The van der Waals surface area contributed by atoms with Crippen LogP contribution in [-0.4, -0.2) is 36.9 Å². The van der Waals surface area contributed by atoms with Gasteiger partial charge < -0.3 is 14.7 Å². The number of benzene rings is 1. The Morgan fingerprint density at radius 3 is 2.67 bits per heavy atom. The molecule has 0 bridgehead atoms. The van der Waals surface area contributed by atoms with Gasteiger partial charge in [-0.2, -0.15) is 0 Å². The Bertz CT molecular complexity index is 396. The molecule has 0 aliphatic carbocycles. The fourth-order valence-corrected chi connectivity index (χ4v) is 2.27. The second-order valence-electron chi connectivity index (χ2n) is 4.53. The van der Waals surface area contributed by atoms with E-state index >= 15 is 0 Å². The van der Waals surface area contributed by atoms with Gasteiger partial charge in [-0.3, -0.25) is 0 Å². The number of carbonyl (C=O) groups is 1. The molecular formula is C14H19NO3. The highest BCUT2D eigenvalue weighted by molar-refractivity contribution is 5.88. The summed E-state index contributed by atoms with van der Waals surface area (Å²) in [5, 5.41) is 8.87. The van der Waals surface area contributed by atoms with E-state index in [0.717, 1.165) is 38.2 Å². The van der Waals surface area contributed by atoms with E-state index in [1.807, 2.05) is 12.1 Å². The molecule has 0 amide bonds. The molecule has 4 heteroatoms. The molecule has 1 aromatic rings. The average molecular weight is 249 g/mol. The molecule has 0 aromatic heterocycles. The van der Waals surface area contributed by atoms with E-state index in [2.05, 4.69) is 11.8 Å². The summed E-state index contributed by atoms with van der Waals surface area (Å²) in [6, 6.07) is 7.02. The fraction of sp³-hybridized carbons (Fsp3) is 0.500. The Morgan fingerprint density at radius 1 is 1.44 bits per heavy atom. The molecule has 1 heterocycles. The van der Waals surface area contributed by atoms with Gasteiger partial charge in [0.05, 0.1) is 11.7 Å². The third kappa shape index (κ3) is 3.01. The number of rotatable bonds is 5. The molecule has 1 aliphatic rings. The SMILES string of the molecule is CCN(CC1CCCO1)c1ccc(C(=O)O)cc1. The summed E-state index contributed by atoms with van der Waals surface area (Å²) in [4.78, 5) is 13.0. The van der Waals surface area contributed by atoms with Crippen LogP contribution < -0.4 is 4.90 Å². The number of ether oxygens (including phenoxy) is 1. The van der Waals surface area contributed by atoms with E-state index in [4.69, 9.17) is 9.84 Å². The van der Waals surface area contributed by atoms with Crippen LogP contribution in [0.4, 0.5) is 5.69 Å². The summed E-state index contributed by atoms with van der Waals surface area (Å²) in [6.45, 7) is 4.73. The number of hydrogen-bond acceptors (Lipinski definition) is 3. The van der Waals surface area contributed by atoms with Gasteiger partial charge in [0, 0.05) is 25.4 Å². The third-order valence-corrected chi connectivity index (χ3v) is 3.31. The molecule has 1 atom stereocenters. The maximum atomic E-state index is 10.8. The number of likely N-dealkylation sites (N-methyl/N-ethyl adjacent to an activating group) is 1. The first-order valence-electron chi connectivity index (χ1n) is 6.40. The van der Waals surface area contributed by atoms with Crippen LogP contribution in [0.2, 0.25) is 0 Å². The number of carboxylic acid groups (broad SMARTS) is 1. The highest BCUT2D eigenvalue weighted by Crippen LogP contribution is 2.19. The maximum absolute atomic E-state index is 10.8. The van der Waals surface area contributed by atoms with Crippen molar-refractivity contribution in [1.82, 2.24) is 0 Å². The van der Waals surface area contributed by atoms with E-state index in [0.29, 0.717) is 11.7 Å². The van der Waals surface area contributed by atoms with Crippen LogP contribution in [0.25, 0.3) is 0 Å². The molecule has 1 fully saturated rings. The maximum Gasteiger partial charge on any atom is 0.335 e. The number of nitrogens with zero attached hydrogens (tertiary/aromatic N) is 1. The summed E-state index contributed by atoms with van der Waals surface area (Å²) < 4.78 is 5.63. The van der Waals surface area contributed by atoms with Crippen LogP contribution in [0.5, 0.6) is 0 Å². The molecule has 1 saturated heterocycles. The largest absolute Gasteiger partial charge is 0.478 e. The molecule has 0 spiro atoms. The smallest absolute Gasteiger partial charge is 0.335 e. The van der Waals surface area contributed by atoms with Crippen molar-refractivity contribution in [3.05, 3.63) is 29.8 Å². The third-order valence-electron chi connectivity index (χ3n) is 3.31. The molecular weight excluding hydrogens is 230 g/mol. The number of anilines is 1. The van der Waals surface area contributed by atoms with E-state index in [1.165, 1.54) is 0 Å². The number of hydrogen-bond donors (Lipinski definition) is 1. The monoisotopic (exact) mass is 249 g/mol. The van der Waals surface area contributed by atoms with Crippen molar-refractivity contribution in [3.8, 4) is 0 Å². The zero-order valence-electron chi connectivity index (χ0n) is 10.6. The second kappa shape index (κ2) is 5.87. The summed E-state index contributed by atoms with van der Waals surface area (Å²) in [7, 11) is 0. The van der Waals surface area contributed by atoms with E-state index in [-0.39, 0.29) is 0 Å². The van der Waals surface area contributed by atoms with Crippen molar-refractivity contribution in [2.24, 2.45) is 0 Å². The lowest BCUT2D eigenvalue weighted by molar-refractivity contribution is 0.0697. The van der Waals surface area contributed by atoms with Gasteiger partial charge in [0.25, 0.3) is 0 Å². The van der Waals surface area contributed by atoms with E-state index in [1.54, 1.807) is 12.1 Å². The molecule has 1 N–H and O–H groups in total. The second-order valence-corrected chi connectivity index (χ2v) is 4.53. The normalized spacial score (nSPS) is 18.8. The van der Waals surface area contributed by atoms with Crippen molar-refractivity contribution in [3.63, 3.8) is 0 Å². The lowest BCUT2D eigenvalue weighted by atomic mass is 10.1. The van der Waals surface area contributed by atoms with Crippen LogP contribution in [0.3, 0.4) is 0 Å². The Kier molecular flexibility index (Phi) is 4.20. The summed E-state index contributed by atoms with van der Waals surface area (Å²) >= 11 is 0. The zero-order valence-corrected chi connectivity index (χ0v) is 10.6. The highest BCUT2D eigenvalue weighted by Gasteiger charge is 2.18. The molecule has 4 nitrogen and oxygen atoms in total. The number of aromatic carboxylic acids is 1. The molecule has 98 valence electrons. The first-order chi connectivity index (χ1) is 8.70. The standard InChI is InChI=1S/C14H19NO3/c1-2-15(10-13-4-3-9-18-13)12-7-5-11(6-8-12)14(16)17/h5-8,13H,2-4,9-10H2,1H3,(H,16,17). The minimum Gasteiger partial charge on any atom is -0.478 e. The predicted molar refractivity (Wildman–Crippen MR) is 70.3 cm³/mol. The lowest BCUT2D eigenvalue weighted by Crippen LogP contribution is -2.31. The van der Waals surface area contributed by atoms with Crippen molar-refractivity contribution >= 4 is 11.7 Å². The molecule has 0 saturated carbocycles.